The standard InChI is InChI=1S/C17H30O4Si/c1-5-12-19-22(20-13-6-2,21-14-7-3)15-16-8-10-17(18-4)11-9-16/h8-11H,5-7,12-15H2,1-4H3. The van der Waals surface area contributed by atoms with Crippen molar-refractivity contribution in [3.8, 4) is 5.75 Å². The molecule has 0 heterocycles. The molecule has 0 bridgehead atoms. The predicted molar refractivity (Wildman–Crippen MR) is 91.2 cm³/mol. The van der Waals surface area contributed by atoms with Crippen molar-refractivity contribution < 1.29 is 18.0 Å². The summed E-state index contributed by atoms with van der Waals surface area (Å²) in [6.45, 7) is 8.34. The second kappa shape index (κ2) is 10.8. The van der Waals surface area contributed by atoms with E-state index >= 15 is 0 Å². The van der Waals surface area contributed by atoms with Crippen molar-refractivity contribution >= 4 is 8.80 Å². The minimum absolute atomic E-state index is 0.676. The van der Waals surface area contributed by atoms with E-state index < -0.39 is 8.80 Å². The molecule has 0 spiro atoms. The zero-order valence-corrected chi connectivity index (χ0v) is 15.4. The van der Waals surface area contributed by atoms with Crippen molar-refractivity contribution in [1.82, 2.24) is 0 Å². The lowest BCUT2D eigenvalue weighted by molar-refractivity contribution is 0.0583. The van der Waals surface area contributed by atoms with Crippen molar-refractivity contribution in [3.63, 3.8) is 0 Å². The Hall–Kier alpha value is -0.883. The fourth-order valence-corrected chi connectivity index (χ4v) is 4.88. The molecule has 0 aliphatic heterocycles. The van der Waals surface area contributed by atoms with Crippen LogP contribution in [0.3, 0.4) is 0 Å². The van der Waals surface area contributed by atoms with Gasteiger partial charge in [-0.2, -0.15) is 0 Å². The fraction of sp³-hybridized carbons (Fsp3) is 0.647. The van der Waals surface area contributed by atoms with E-state index in [0.29, 0.717) is 25.9 Å². The van der Waals surface area contributed by atoms with Crippen molar-refractivity contribution in [3.05, 3.63) is 29.8 Å². The van der Waals surface area contributed by atoms with Crippen LogP contribution in [0.25, 0.3) is 0 Å². The molecule has 0 aromatic heterocycles. The molecule has 22 heavy (non-hydrogen) atoms. The largest absolute Gasteiger partial charge is 0.505 e. The molecule has 0 fully saturated rings. The number of rotatable bonds is 12. The summed E-state index contributed by atoms with van der Waals surface area (Å²) in [5.74, 6) is 0.856. The van der Waals surface area contributed by atoms with E-state index in [-0.39, 0.29) is 0 Å². The van der Waals surface area contributed by atoms with Gasteiger partial charge < -0.3 is 18.0 Å². The van der Waals surface area contributed by atoms with E-state index in [2.05, 4.69) is 32.9 Å². The number of benzene rings is 1. The third-order valence-electron chi connectivity index (χ3n) is 3.16. The van der Waals surface area contributed by atoms with Crippen LogP contribution in [0, 0.1) is 0 Å². The molecule has 0 aliphatic rings. The second-order valence-corrected chi connectivity index (χ2v) is 7.84. The van der Waals surface area contributed by atoms with Crippen LogP contribution < -0.4 is 4.74 Å². The maximum absolute atomic E-state index is 6.11. The molecule has 0 saturated carbocycles. The van der Waals surface area contributed by atoms with Gasteiger partial charge in [-0.05, 0) is 37.0 Å². The summed E-state index contributed by atoms with van der Waals surface area (Å²) in [5, 5.41) is 0. The smallest absolute Gasteiger partial charge is 0.497 e. The molecular formula is C17H30O4Si. The molecular weight excluding hydrogens is 296 g/mol. The zero-order valence-electron chi connectivity index (χ0n) is 14.4. The Kier molecular flexibility index (Phi) is 9.39. The molecule has 126 valence electrons. The molecule has 1 rings (SSSR count). The monoisotopic (exact) mass is 326 g/mol. The van der Waals surface area contributed by atoms with Gasteiger partial charge in [0, 0.05) is 25.9 Å². The topological polar surface area (TPSA) is 36.9 Å². The zero-order chi connectivity index (χ0) is 16.3. The lowest BCUT2D eigenvalue weighted by atomic mass is 10.2. The molecule has 5 heteroatoms. The number of ether oxygens (including phenoxy) is 1. The Morgan fingerprint density at radius 1 is 0.773 bits per heavy atom. The highest BCUT2D eigenvalue weighted by Gasteiger charge is 2.41. The highest BCUT2D eigenvalue weighted by Crippen LogP contribution is 2.20. The normalized spacial score (nSPS) is 11.6. The van der Waals surface area contributed by atoms with Crippen molar-refractivity contribution in [2.24, 2.45) is 0 Å². The molecule has 4 nitrogen and oxygen atoms in total. The van der Waals surface area contributed by atoms with E-state index in [0.717, 1.165) is 30.6 Å². The quantitative estimate of drug-likeness (QED) is 0.544. The van der Waals surface area contributed by atoms with Crippen LogP contribution in [-0.4, -0.2) is 35.7 Å². The Balaban J connectivity index is 2.87. The van der Waals surface area contributed by atoms with Gasteiger partial charge in [-0.1, -0.05) is 32.9 Å². The lowest BCUT2D eigenvalue weighted by Crippen LogP contribution is -2.49. The summed E-state index contributed by atoms with van der Waals surface area (Å²) in [6.07, 6.45) is 2.88. The Bertz CT molecular complexity index is 372. The van der Waals surface area contributed by atoms with E-state index in [4.69, 9.17) is 18.0 Å². The summed E-state index contributed by atoms with van der Waals surface area (Å²) in [4.78, 5) is 0. The van der Waals surface area contributed by atoms with Gasteiger partial charge in [-0.25, -0.2) is 0 Å². The van der Waals surface area contributed by atoms with Crippen LogP contribution in [0.15, 0.2) is 24.3 Å². The molecule has 1 aromatic rings. The molecule has 0 N–H and O–H groups in total. The Morgan fingerprint density at radius 2 is 1.23 bits per heavy atom. The summed E-state index contributed by atoms with van der Waals surface area (Å²) in [5.41, 5.74) is 1.16. The summed E-state index contributed by atoms with van der Waals surface area (Å²) < 4.78 is 23.5. The van der Waals surface area contributed by atoms with Crippen LogP contribution in [0.5, 0.6) is 5.75 Å². The maximum Gasteiger partial charge on any atom is 0.505 e. The van der Waals surface area contributed by atoms with Crippen LogP contribution in [-0.2, 0) is 19.3 Å². The lowest BCUT2D eigenvalue weighted by Gasteiger charge is -2.29. The first-order valence-corrected chi connectivity index (χ1v) is 10.2. The molecule has 0 unspecified atom stereocenters. The van der Waals surface area contributed by atoms with Gasteiger partial charge in [0.05, 0.1) is 7.11 Å². The first kappa shape index (κ1) is 19.2. The Morgan fingerprint density at radius 3 is 1.59 bits per heavy atom. The van der Waals surface area contributed by atoms with Gasteiger partial charge in [0.15, 0.2) is 0 Å². The summed E-state index contributed by atoms with van der Waals surface area (Å²) in [7, 11) is -0.994. The molecule has 0 aliphatic carbocycles. The highest BCUT2D eigenvalue weighted by atomic mass is 28.4. The molecule has 0 saturated heterocycles. The van der Waals surface area contributed by atoms with Gasteiger partial charge in [0.1, 0.15) is 5.75 Å². The van der Waals surface area contributed by atoms with Crippen molar-refractivity contribution in [2.45, 2.75) is 46.1 Å². The van der Waals surface area contributed by atoms with Gasteiger partial charge in [-0.3, -0.25) is 0 Å². The SMILES string of the molecule is CCCO[Si](Cc1ccc(OC)cc1)(OCCC)OCCC. The van der Waals surface area contributed by atoms with Gasteiger partial charge >= 0.3 is 8.80 Å². The fourth-order valence-electron chi connectivity index (χ4n) is 2.04. The van der Waals surface area contributed by atoms with Crippen molar-refractivity contribution in [1.29, 1.82) is 0 Å². The summed E-state index contributed by atoms with van der Waals surface area (Å²) >= 11 is 0. The van der Waals surface area contributed by atoms with Crippen LogP contribution in [0.4, 0.5) is 0 Å². The number of hydrogen-bond acceptors (Lipinski definition) is 4. The number of methoxy groups -OCH3 is 1. The maximum atomic E-state index is 6.11. The Labute approximate surface area is 136 Å². The minimum atomic E-state index is -2.67. The van der Waals surface area contributed by atoms with E-state index in [1.54, 1.807) is 7.11 Å². The van der Waals surface area contributed by atoms with E-state index in [1.165, 1.54) is 0 Å². The molecule has 0 radical (unpaired) electrons. The molecule has 0 atom stereocenters. The third kappa shape index (κ3) is 6.48. The van der Waals surface area contributed by atoms with Gasteiger partial charge in [-0.15, -0.1) is 0 Å². The van der Waals surface area contributed by atoms with Crippen LogP contribution in [0.1, 0.15) is 45.6 Å². The van der Waals surface area contributed by atoms with Gasteiger partial charge in [0.25, 0.3) is 0 Å². The number of hydrogen-bond donors (Lipinski definition) is 0. The average Bonchev–Trinajstić information content (AvgIpc) is 2.56. The third-order valence-corrected chi connectivity index (χ3v) is 5.93. The predicted octanol–water partition coefficient (Wildman–Crippen LogP) is 4.00. The van der Waals surface area contributed by atoms with Crippen LogP contribution in [0.2, 0.25) is 0 Å². The minimum Gasteiger partial charge on any atom is -0.497 e. The second-order valence-electron chi connectivity index (χ2n) is 5.25. The molecule has 1 aromatic carbocycles. The van der Waals surface area contributed by atoms with Crippen molar-refractivity contribution in [2.75, 3.05) is 26.9 Å². The first-order chi connectivity index (χ1) is 10.7. The summed E-state index contributed by atoms with van der Waals surface area (Å²) in [6, 6.07) is 8.75. The van der Waals surface area contributed by atoms with Gasteiger partial charge in [0.2, 0.25) is 0 Å². The molecule has 0 amide bonds. The average molecular weight is 327 g/mol. The first-order valence-electron chi connectivity index (χ1n) is 8.24. The van der Waals surface area contributed by atoms with Crippen LogP contribution >= 0.6 is 0 Å². The van der Waals surface area contributed by atoms with E-state index in [9.17, 15) is 0 Å². The van der Waals surface area contributed by atoms with E-state index in [1.807, 2.05) is 12.1 Å². The highest BCUT2D eigenvalue weighted by molar-refractivity contribution is 6.60.